The smallest absolute Gasteiger partial charge is 0.224 e. The molecule has 0 aliphatic heterocycles. The van der Waals surface area contributed by atoms with Crippen LogP contribution in [0.3, 0.4) is 0 Å². The van der Waals surface area contributed by atoms with Crippen LogP contribution in [-0.4, -0.2) is 15.9 Å². The summed E-state index contributed by atoms with van der Waals surface area (Å²) in [6, 6.07) is 21.3. The van der Waals surface area contributed by atoms with Crippen LogP contribution in [0.1, 0.15) is 18.4 Å². The molecule has 0 bridgehead atoms. The Kier molecular flexibility index (Phi) is 5.40. The van der Waals surface area contributed by atoms with E-state index in [1.165, 1.54) is 10.9 Å². The lowest BCUT2D eigenvalue weighted by Gasteiger charge is -2.07. The number of H-pyrrole nitrogens is 1. The Labute approximate surface area is 168 Å². The molecule has 2 N–H and O–H groups in total. The highest BCUT2D eigenvalue weighted by atomic mass is 35.5. The number of nitrogens with one attached hydrogen (secondary N) is 2. The van der Waals surface area contributed by atoms with Crippen LogP contribution in [0.2, 0.25) is 5.02 Å². The number of aryl methyl sites for hydroxylation is 1. The highest BCUT2D eigenvalue weighted by molar-refractivity contribution is 6.30. The van der Waals surface area contributed by atoms with Crippen molar-refractivity contribution in [1.29, 1.82) is 0 Å². The maximum atomic E-state index is 12.3. The summed E-state index contributed by atoms with van der Waals surface area (Å²) in [5, 5.41) is 4.69. The van der Waals surface area contributed by atoms with Gasteiger partial charge < -0.3 is 10.3 Å². The first-order valence-electron chi connectivity index (χ1n) is 9.27. The minimum Gasteiger partial charge on any atom is -0.353 e. The number of carbonyl (C=O) groups is 1. The van der Waals surface area contributed by atoms with Crippen molar-refractivity contribution < 1.29 is 4.79 Å². The number of hydrogen-bond donors (Lipinski definition) is 2. The van der Waals surface area contributed by atoms with Crippen molar-refractivity contribution in [1.82, 2.24) is 9.97 Å². The van der Waals surface area contributed by atoms with Gasteiger partial charge in [0.05, 0.1) is 11.4 Å². The third-order valence-electron chi connectivity index (χ3n) is 4.67. The van der Waals surface area contributed by atoms with Crippen LogP contribution < -0.4 is 5.32 Å². The lowest BCUT2D eigenvalue weighted by atomic mass is 10.0. The zero-order chi connectivity index (χ0) is 19.3. The second-order valence-electron chi connectivity index (χ2n) is 6.65. The number of aromatic amines is 1. The molecule has 140 valence electrons. The zero-order valence-corrected chi connectivity index (χ0v) is 16.0. The molecule has 2 aromatic heterocycles. The molecule has 0 atom stereocenters. The van der Waals surface area contributed by atoms with Crippen LogP contribution in [0, 0.1) is 0 Å². The maximum absolute atomic E-state index is 12.3. The first kappa shape index (κ1) is 18.3. The Morgan fingerprint density at radius 1 is 1.04 bits per heavy atom. The maximum Gasteiger partial charge on any atom is 0.224 e. The normalized spacial score (nSPS) is 10.9. The molecule has 2 heterocycles. The molecule has 4 rings (SSSR count). The fourth-order valence-electron chi connectivity index (χ4n) is 3.40. The fraction of sp³-hybridized carbons (Fsp3) is 0.130. The van der Waals surface area contributed by atoms with E-state index in [1.807, 2.05) is 42.5 Å². The monoisotopic (exact) mass is 389 g/mol. The standard InChI is InChI=1S/C23H20ClN3O/c24-16-7-5-8-17(15-16)26-22(28)13-6-10-19-18-9-1-2-11-20(18)27-23(19)21-12-3-4-14-25-21/h1-5,7-9,11-12,14-15,27H,6,10,13H2,(H,26,28). The van der Waals surface area contributed by atoms with Gasteiger partial charge in [0, 0.05) is 34.2 Å². The highest BCUT2D eigenvalue weighted by Gasteiger charge is 2.14. The number of halogens is 1. The van der Waals surface area contributed by atoms with Crippen LogP contribution in [0.5, 0.6) is 0 Å². The molecular formula is C23H20ClN3O. The van der Waals surface area contributed by atoms with Gasteiger partial charge in [0.1, 0.15) is 0 Å². The van der Waals surface area contributed by atoms with E-state index in [0.717, 1.165) is 35.4 Å². The van der Waals surface area contributed by atoms with Crippen molar-refractivity contribution in [2.45, 2.75) is 19.3 Å². The van der Waals surface area contributed by atoms with Gasteiger partial charge >= 0.3 is 0 Å². The third-order valence-corrected chi connectivity index (χ3v) is 4.91. The van der Waals surface area contributed by atoms with Crippen molar-refractivity contribution >= 4 is 34.1 Å². The first-order chi connectivity index (χ1) is 13.7. The molecule has 0 radical (unpaired) electrons. The summed E-state index contributed by atoms with van der Waals surface area (Å²) in [4.78, 5) is 20.3. The minimum absolute atomic E-state index is 0.0125. The number of anilines is 1. The number of pyridine rings is 1. The number of para-hydroxylation sites is 1. The second kappa shape index (κ2) is 8.28. The Hall–Kier alpha value is -3.11. The molecule has 4 aromatic rings. The molecule has 0 unspecified atom stereocenters. The number of carbonyl (C=O) groups excluding carboxylic acids is 1. The van der Waals surface area contributed by atoms with Gasteiger partial charge in [-0.25, -0.2) is 0 Å². The molecule has 0 saturated heterocycles. The molecule has 0 aliphatic carbocycles. The molecule has 28 heavy (non-hydrogen) atoms. The predicted octanol–water partition coefficient (Wildman–Crippen LogP) is 5.84. The zero-order valence-electron chi connectivity index (χ0n) is 15.3. The van der Waals surface area contributed by atoms with Crippen molar-refractivity contribution in [2.24, 2.45) is 0 Å². The largest absolute Gasteiger partial charge is 0.353 e. The summed E-state index contributed by atoms with van der Waals surface area (Å²) in [5.74, 6) is -0.0125. The fourth-order valence-corrected chi connectivity index (χ4v) is 3.59. The molecule has 0 fully saturated rings. The van der Waals surface area contributed by atoms with Crippen molar-refractivity contribution in [3.63, 3.8) is 0 Å². The number of amides is 1. The van der Waals surface area contributed by atoms with Gasteiger partial charge in [-0.05, 0) is 54.8 Å². The lowest BCUT2D eigenvalue weighted by Crippen LogP contribution is -2.11. The van der Waals surface area contributed by atoms with E-state index >= 15 is 0 Å². The van der Waals surface area contributed by atoms with Crippen LogP contribution >= 0.6 is 11.6 Å². The topological polar surface area (TPSA) is 57.8 Å². The Morgan fingerprint density at radius 3 is 2.71 bits per heavy atom. The van der Waals surface area contributed by atoms with E-state index in [9.17, 15) is 4.79 Å². The number of nitrogens with zero attached hydrogens (tertiary/aromatic N) is 1. The number of rotatable bonds is 6. The summed E-state index contributed by atoms with van der Waals surface area (Å²) in [6.07, 6.45) is 3.77. The SMILES string of the molecule is O=C(CCCc1c(-c2ccccn2)[nH]c2ccccc12)Nc1cccc(Cl)c1. The lowest BCUT2D eigenvalue weighted by molar-refractivity contribution is -0.116. The van der Waals surface area contributed by atoms with Gasteiger partial charge in [-0.1, -0.05) is 41.9 Å². The molecule has 4 nitrogen and oxygen atoms in total. The van der Waals surface area contributed by atoms with E-state index in [2.05, 4.69) is 27.4 Å². The highest BCUT2D eigenvalue weighted by Crippen LogP contribution is 2.30. The number of hydrogen-bond acceptors (Lipinski definition) is 2. The third kappa shape index (κ3) is 4.07. The Morgan fingerprint density at radius 2 is 1.89 bits per heavy atom. The van der Waals surface area contributed by atoms with Crippen molar-refractivity contribution in [3.05, 3.63) is 83.5 Å². The van der Waals surface area contributed by atoms with Crippen LogP contribution in [0.15, 0.2) is 72.9 Å². The average molecular weight is 390 g/mol. The molecule has 0 spiro atoms. The van der Waals surface area contributed by atoms with Gasteiger partial charge in [0.25, 0.3) is 0 Å². The predicted molar refractivity (Wildman–Crippen MR) is 115 cm³/mol. The summed E-state index contributed by atoms with van der Waals surface area (Å²) < 4.78 is 0. The number of aromatic nitrogens is 2. The van der Waals surface area contributed by atoms with Gasteiger partial charge in [-0.3, -0.25) is 9.78 Å². The van der Waals surface area contributed by atoms with Gasteiger partial charge in [0.2, 0.25) is 5.91 Å². The summed E-state index contributed by atoms with van der Waals surface area (Å²) in [6.45, 7) is 0. The number of fused-ring (bicyclic) bond motifs is 1. The minimum atomic E-state index is -0.0125. The molecule has 5 heteroatoms. The van der Waals surface area contributed by atoms with Gasteiger partial charge in [0.15, 0.2) is 0 Å². The van der Waals surface area contributed by atoms with Crippen molar-refractivity contribution in [3.8, 4) is 11.4 Å². The second-order valence-corrected chi connectivity index (χ2v) is 7.09. The Balaban J connectivity index is 1.49. The van der Waals surface area contributed by atoms with E-state index < -0.39 is 0 Å². The molecular weight excluding hydrogens is 370 g/mol. The van der Waals surface area contributed by atoms with Crippen LogP contribution in [0.25, 0.3) is 22.3 Å². The molecule has 1 amide bonds. The van der Waals surface area contributed by atoms with Gasteiger partial charge in [-0.15, -0.1) is 0 Å². The summed E-state index contributed by atoms with van der Waals surface area (Å²) in [5.41, 5.74) is 4.94. The quantitative estimate of drug-likeness (QED) is 0.435. The van der Waals surface area contributed by atoms with Crippen LogP contribution in [-0.2, 0) is 11.2 Å². The van der Waals surface area contributed by atoms with Crippen molar-refractivity contribution in [2.75, 3.05) is 5.32 Å². The van der Waals surface area contributed by atoms with E-state index in [1.54, 1.807) is 18.3 Å². The summed E-state index contributed by atoms with van der Waals surface area (Å²) in [7, 11) is 0. The van der Waals surface area contributed by atoms with Crippen LogP contribution in [0.4, 0.5) is 5.69 Å². The van der Waals surface area contributed by atoms with Gasteiger partial charge in [-0.2, -0.15) is 0 Å². The average Bonchev–Trinajstić information content (AvgIpc) is 3.07. The molecule has 0 saturated carbocycles. The number of benzene rings is 2. The first-order valence-corrected chi connectivity index (χ1v) is 9.65. The molecule has 2 aromatic carbocycles. The Bertz CT molecular complexity index is 1110. The summed E-state index contributed by atoms with van der Waals surface area (Å²) >= 11 is 5.97. The van der Waals surface area contributed by atoms with E-state index in [4.69, 9.17) is 11.6 Å². The van der Waals surface area contributed by atoms with E-state index in [0.29, 0.717) is 11.4 Å². The van der Waals surface area contributed by atoms with E-state index in [-0.39, 0.29) is 5.91 Å². The molecule has 0 aliphatic rings.